The van der Waals surface area contributed by atoms with E-state index in [-0.39, 0.29) is 23.8 Å². The molecule has 2 aliphatic carbocycles. The van der Waals surface area contributed by atoms with Crippen molar-refractivity contribution in [3.8, 4) is 22.6 Å². The summed E-state index contributed by atoms with van der Waals surface area (Å²) in [5.41, 5.74) is 4.48. The van der Waals surface area contributed by atoms with E-state index in [0.717, 1.165) is 70.2 Å². The molecule has 58 heavy (non-hydrogen) atoms. The molecule has 2 aliphatic rings. The first-order valence-electron chi connectivity index (χ1n) is 20.6. The van der Waals surface area contributed by atoms with E-state index in [0.29, 0.717) is 36.4 Å². The Labute approximate surface area is 353 Å². The van der Waals surface area contributed by atoms with Crippen molar-refractivity contribution in [3.63, 3.8) is 0 Å². The van der Waals surface area contributed by atoms with Gasteiger partial charge in [-0.25, -0.2) is 0 Å². The highest BCUT2D eigenvalue weighted by molar-refractivity contribution is 9.10. The normalized spacial score (nSPS) is 14.3. The van der Waals surface area contributed by atoms with Crippen molar-refractivity contribution in [1.82, 2.24) is 9.97 Å². The first kappa shape index (κ1) is 46.4. The topological polar surface area (TPSA) is 137 Å². The number of pyridine rings is 2. The van der Waals surface area contributed by atoms with Crippen molar-refractivity contribution in [2.75, 3.05) is 26.4 Å². The molecule has 0 spiro atoms. The molecule has 2 heterocycles. The lowest BCUT2D eigenvalue weighted by Gasteiger charge is -2.20. The van der Waals surface area contributed by atoms with Crippen LogP contribution < -0.4 is 14.9 Å². The summed E-state index contributed by atoms with van der Waals surface area (Å²) in [5.74, 6) is 3.17. The van der Waals surface area contributed by atoms with Gasteiger partial charge in [0, 0.05) is 30.4 Å². The minimum atomic E-state index is -1.38. The minimum absolute atomic E-state index is 0.144. The number of ether oxygens (including phenoxy) is 4. The van der Waals surface area contributed by atoms with Crippen LogP contribution >= 0.6 is 15.9 Å². The fraction of sp³-hybridized carbons (Fsp3) is 0.478. The van der Waals surface area contributed by atoms with Gasteiger partial charge in [-0.2, -0.15) is 0 Å². The summed E-state index contributed by atoms with van der Waals surface area (Å²) in [6, 6.07) is 19.1. The van der Waals surface area contributed by atoms with Crippen LogP contribution in [0.15, 0.2) is 89.9 Å². The lowest BCUT2D eigenvalue weighted by molar-refractivity contribution is -0.146. The second-order valence-electron chi connectivity index (χ2n) is 15.7. The predicted octanol–water partition coefficient (Wildman–Crippen LogP) is 8.92. The lowest BCUT2D eigenvalue weighted by atomic mass is 9.81. The summed E-state index contributed by atoms with van der Waals surface area (Å²) in [4.78, 5) is 32.6. The van der Waals surface area contributed by atoms with Crippen LogP contribution in [0.25, 0.3) is 11.1 Å². The largest absolute Gasteiger partial charge is 0.493 e. The Hall–Kier alpha value is -4.26. The molecule has 2 saturated carbocycles. The first-order chi connectivity index (χ1) is 27.9. The molecule has 2 aromatic heterocycles. The summed E-state index contributed by atoms with van der Waals surface area (Å²) in [5, 5.41) is 17.1. The van der Waals surface area contributed by atoms with Gasteiger partial charge >= 0.3 is 19.1 Å². The van der Waals surface area contributed by atoms with Crippen LogP contribution in [0.5, 0.6) is 11.5 Å². The molecule has 4 aromatic rings. The Morgan fingerprint density at radius 2 is 1.14 bits per heavy atom. The number of nitrogens with zero attached hydrogens (tertiary/aromatic N) is 2. The molecule has 312 valence electrons. The van der Waals surface area contributed by atoms with Gasteiger partial charge in [-0.15, -0.1) is 0 Å². The van der Waals surface area contributed by atoms with Gasteiger partial charge in [0.05, 0.1) is 42.7 Å². The van der Waals surface area contributed by atoms with Crippen LogP contribution in [0.1, 0.15) is 103 Å². The molecule has 2 atom stereocenters. The molecule has 12 heteroatoms. The van der Waals surface area contributed by atoms with Crippen LogP contribution in [0.3, 0.4) is 0 Å². The fourth-order valence-electron chi connectivity index (χ4n) is 6.18. The van der Waals surface area contributed by atoms with E-state index in [4.69, 9.17) is 29.0 Å². The number of carbonyl (C=O) groups is 2. The summed E-state index contributed by atoms with van der Waals surface area (Å²) in [6.45, 7) is 14.5. The number of aromatic nitrogens is 2. The molecule has 6 rings (SSSR count). The average molecular weight is 860 g/mol. The Bertz CT molecular complexity index is 1840. The number of rotatable bonds is 18. The Balaban J connectivity index is 0.000000214. The zero-order chi connectivity index (χ0) is 42.0. The summed E-state index contributed by atoms with van der Waals surface area (Å²) in [6.07, 6.45) is 13.2. The van der Waals surface area contributed by atoms with Crippen molar-refractivity contribution in [1.29, 1.82) is 0 Å². The third kappa shape index (κ3) is 15.8. The maximum Gasteiger partial charge on any atom is 0.488 e. The lowest BCUT2D eigenvalue weighted by Crippen LogP contribution is -2.29. The molecule has 0 bridgehead atoms. The maximum atomic E-state index is 12.6. The maximum absolute atomic E-state index is 12.6. The monoisotopic (exact) mass is 858 g/mol. The summed E-state index contributed by atoms with van der Waals surface area (Å²) in [7, 11) is -1.38. The fourth-order valence-corrected chi connectivity index (χ4v) is 6.69. The van der Waals surface area contributed by atoms with Gasteiger partial charge in [-0.1, -0.05) is 39.8 Å². The summed E-state index contributed by atoms with van der Waals surface area (Å²) < 4.78 is 23.4. The van der Waals surface area contributed by atoms with Crippen molar-refractivity contribution < 1.29 is 38.6 Å². The van der Waals surface area contributed by atoms with E-state index in [2.05, 4.69) is 59.7 Å². The number of hydrogen-bond donors (Lipinski definition) is 2. The Morgan fingerprint density at radius 3 is 1.55 bits per heavy atom. The Morgan fingerprint density at radius 1 is 0.690 bits per heavy atom. The van der Waals surface area contributed by atoms with Crippen molar-refractivity contribution in [2.24, 2.45) is 23.7 Å². The van der Waals surface area contributed by atoms with Crippen molar-refractivity contribution in [2.45, 2.75) is 91.9 Å². The molecule has 2 aromatic carbocycles. The SMILES string of the molecule is CCOC(=O)C(CC(C)C)c1ccc(OCC2CC2)c(-c2ccncc2)c1.CCOC(=O)C(CC(C)C)c1ccc(OCC2CC2)c(Br)c1.OB(O)c1ccncc1. The van der Waals surface area contributed by atoms with Crippen LogP contribution in [-0.4, -0.2) is 65.5 Å². The highest BCUT2D eigenvalue weighted by Gasteiger charge is 2.27. The minimum Gasteiger partial charge on any atom is -0.493 e. The van der Waals surface area contributed by atoms with Crippen LogP contribution in [-0.2, 0) is 19.1 Å². The zero-order valence-corrected chi connectivity index (χ0v) is 36.4. The van der Waals surface area contributed by atoms with E-state index in [1.54, 1.807) is 24.5 Å². The van der Waals surface area contributed by atoms with Crippen molar-refractivity contribution in [3.05, 3.63) is 101 Å². The number of hydrogen-bond acceptors (Lipinski definition) is 10. The average Bonchev–Trinajstić information content (AvgIpc) is 4.16. The van der Waals surface area contributed by atoms with Crippen molar-refractivity contribution >= 4 is 40.4 Å². The quantitative estimate of drug-likeness (QED) is 0.0737. The molecule has 0 saturated heterocycles. The van der Waals surface area contributed by atoms with Gasteiger partial charge < -0.3 is 29.0 Å². The summed E-state index contributed by atoms with van der Waals surface area (Å²) >= 11 is 3.56. The van der Waals surface area contributed by atoms with E-state index < -0.39 is 7.12 Å². The third-order valence-corrected chi connectivity index (χ3v) is 10.3. The first-order valence-corrected chi connectivity index (χ1v) is 21.4. The third-order valence-electron chi connectivity index (χ3n) is 9.66. The zero-order valence-electron chi connectivity index (χ0n) is 34.8. The van der Waals surface area contributed by atoms with Gasteiger partial charge in [0.2, 0.25) is 0 Å². The molecule has 0 amide bonds. The number of esters is 2. The highest BCUT2D eigenvalue weighted by Crippen LogP contribution is 2.38. The molecule has 0 radical (unpaired) electrons. The van der Waals surface area contributed by atoms with Gasteiger partial charge in [0.25, 0.3) is 0 Å². The highest BCUT2D eigenvalue weighted by atomic mass is 79.9. The van der Waals surface area contributed by atoms with E-state index in [1.165, 1.54) is 38.1 Å². The predicted molar refractivity (Wildman–Crippen MR) is 232 cm³/mol. The number of benzene rings is 2. The van der Waals surface area contributed by atoms with Crippen LogP contribution in [0.2, 0.25) is 0 Å². The van der Waals surface area contributed by atoms with E-state index in [1.807, 2.05) is 56.3 Å². The van der Waals surface area contributed by atoms with Crippen LogP contribution in [0.4, 0.5) is 0 Å². The van der Waals surface area contributed by atoms with Gasteiger partial charge in [-0.05, 0) is 163 Å². The number of carbonyl (C=O) groups excluding carboxylic acids is 2. The van der Waals surface area contributed by atoms with Gasteiger partial charge in [-0.3, -0.25) is 19.6 Å². The molecule has 2 N–H and O–H groups in total. The smallest absolute Gasteiger partial charge is 0.488 e. The molecule has 0 aliphatic heterocycles. The number of halogens is 1. The van der Waals surface area contributed by atoms with Gasteiger partial charge in [0.15, 0.2) is 0 Å². The standard InChI is InChI=1S/C23H29NO3.C18H25BrO3.C5H6BNO2/c1-4-26-23(25)21(13-16(2)3)19-7-8-22(27-15-17-5-6-17)20(14-19)18-9-11-24-12-10-18;1-4-21-18(20)15(9-12(2)3)14-7-8-17(16(19)10-14)22-11-13-5-6-13;8-6(9)5-1-3-7-4-2-5/h7-12,14,16-17,21H,4-6,13,15H2,1-3H3;7-8,10,12-13,15H,4-6,9,11H2,1-3H3;1-4,8-9H. The Kier molecular flexibility index (Phi) is 19.2. The van der Waals surface area contributed by atoms with Gasteiger partial charge in [0.1, 0.15) is 11.5 Å². The molecule has 2 unspecified atom stereocenters. The molecular weight excluding hydrogens is 799 g/mol. The second-order valence-corrected chi connectivity index (χ2v) is 16.6. The molecule has 10 nitrogen and oxygen atoms in total. The molecular formula is C46H60BBrN2O8. The molecule has 2 fully saturated rings. The van der Waals surface area contributed by atoms with E-state index >= 15 is 0 Å². The second kappa shape index (κ2) is 24.0. The van der Waals surface area contributed by atoms with Crippen LogP contribution in [0, 0.1) is 23.7 Å². The van der Waals surface area contributed by atoms with E-state index in [9.17, 15) is 9.59 Å².